The number of ether oxygens (including phenoxy) is 3. The lowest BCUT2D eigenvalue weighted by Crippen LogP contribution is -2.26. The predicted molar refractivity (Wildman–Crippen MR) is 98.1 cm³/mol. The van der Waals surface area contributed by atoms with Crippen LogP contribution in [0.15, 0.2) is 30.3 Å². The van der Waals surface area contributed by atoms with Gasteiger partial charge < -0.3 is 19.3 Å². The maximum atomic E-state index is 10.3. The van der Waals surface area contributed by atoms with Gasteiger partial charge in [0, 0.05) is 5.92 Å². The molecule has 0 radical (unpaired) electrons. The molecule has 0 fully saturated rings. The fourth-order valence-corrected chi connectivity index (χ4v) is 3.93. The number of phenols is 1. The summed E-state index contributed by atoms with van der Waals surface area (Å²) in [6.45, 7) is 4.55. The van der Waals surface area contributed by atoms with Gasteiger partial charge in [-0.2, -0.15) is 0 Å². The zero-order valence-electron chi connectivity index (χ0n) is 15.5. The molecule has 1 aliphatic rings. The van der Waals surface area contributed by atoms with E-state index in [0.29, 0.717) is 17.6 Å². The molecule has 25 heavy (non-hydrogen) atoms. The Labute approximate surface area is 149 Å². The fraction of sp³-hybridized carbons (Fsp3) is 0.429. The first-order valence-electron chi connectivity index (χ1n) is 8.61. The normalized spacial score (nSPS) is 22.2. The largest absolute Gasteiger partial charge is 0.504 e. The third-order valence-corrected chi connectivity index (χ3v) is 5.51. The maximum Gasteiger partial charge on any atom is 0.161 e. The quantitative estimate of drug-likeness (QED) is 0.896. The van der Waals surface area contributed by atoms with Crippen LogP contribution in [0.25, 0.3) is 0 Å². The maximum absolute atomic E-state index is 10.3. The first-order valence-corrected chi connectivity index (χ1v) is 8.61. The molecule has 1 aliphatic carbocycles. The van der Waals surface area contributed by atoms with E-state index >= 15 is 0 Å². The van der Waals surface area contributed by atoms with E-state index in [2.05, 4.69) is 19.9 Å². The van der Waals surface area contributed by atoms with Gasteiger partial charge in [0.25, 0.3) is 0 Å². The zero-order chi connectivity index (χ0) is 18.1. The average Bonchev–Trinajstić information content (AvgIpc) is 2.62. The van der Waals surface area contributed by atoms with E-state index in [9.17, 15) is 5.11 Å². The average molecular weight is 342 g/mol. The lowest BCUT2D eigenvalue weighted by molar-refractivity contribution is 0.318. The molecular formula is C21H26O4. The van der Waals surface area contributed by atoms with Crippen LogP contribution in [0.3, 0.4) is 0 Å². The van der Waals surface area contributed by atoms with Crippen molar-refractivity contribution in [1.29, 1.82) is 0 Å². The van der Waals surface area contributed by atoms with E-state index in [4.69, 9.17) is 14.2 Å². The Kier molecular flexibility index (Phi) is 4.80. The molecule has 0 saturated carbocycles. The van der Waals surface area contributed by atoms with Crippen LogP contribution in [-0.2, 0) is 6.42 Å². The molecule has 3 rings (SSSR count). The smallest absolute Gasteiger partial charge is 0.161 e. The van der Waals surface area contributed by atoms with Crippen LogP contribution in [0.2, 0.25) is 0 Å². The first kappa shape index (κ1) is 17.5. The van der Waals surface area contributed by atoms with Gasteiger partial charge in [-0.3, -0.25) is 0 Å². The minimum absolute atomic E-state index is 0.188. The molecular weight excluding hydrogens is 316 g/mol. The minimum atomic E-state index is 0.188. The zero-order valence-corrected chi connectivity index (χ0v) is 15.5. The molecule has 0 bridgehead atoms. The van der Waals surface area contributed by atoms with Crippen molar-refractivity contribution < 1.29 is 19.3 Å². The van der Waals surface area contributed by atoms with Crippen molar-refractivity contribution in [3.05, 3.63) is 47.0 Å². The van der Waals surface area contributed by atoms with E-state index in [-0.39, 0.29) is 11.7 Å². The molecule has 0 amide bonds. The van der Waals surface area contributed by atoms with Crippen molar-refractivity contribution in [2.45, 2.75) is 26.2 Å². The van der Waals surface area contributed by atoms with Crippen LogP contribution < -0.4 is 14.2 Å². The van der Waals surface area contributed by atoms with Gasteiger partial charge in [-0.25, -0.2) is 0 Å². The fourth-order valence-electron chi connectivity index (χ4n) is 3.93. The first-order chi connectivity index (χ1) is 12.0. The molecule has 134 valence electrons. The van der Waals surface area contributed by atoms with Gasteiger partial charge in [0.05, 0.1) is 21.3 Å². The summed E-state index contributed by atoms with van der Waals surface area (Å²) in [6, 6.07) is 9.91. The van der Waals surface area contributed by atoms with Crippen molar-refractivity contribution in [3.8, 4) is 23.0 Å². The highest BCUT2D eigenvalue weighted by Crippen LogP contribution is 2.47. The molecule has 1 N–H and O–H groups in total. The van der Waals surface area contributed by atoms with E-state index in [1.165, 1.54) is 11.1 Å². The van der Waals surface area contributed by atoms with Gasteiger partial charge in [0.2, 0.25) is 0 Å². The Hall–Kier alpha value is -2.36. The van der Waals surface area contributed by atoms with Gasteiger partial charge in [0.1, 0.15) is 0 Å². The molecule has 4 nitrogen and oxygen atoms in total. The summed E-state index contributed by atoms with van der Waals surface area (Å²) in [6.07, 6.45) is 0.983. The summed E-state index contributed by atoms with van der Waals surface area (Å²) in [5.74, 6) is 3.33. The Bertz CT molecular complexity index is 769. The van der Waals surface area contributed by atoms with Crippen LogP contribution in [0.5, 0.6) is 23.0 Å². The summed E-state index contributed by atoms with van der Waals surface area (Å²) in [5, 5.41) is 10.3. The van der Waals surface area contributed by atoms with Crippen LogP contribution in [0.1, 0.15) is 36.5 Å². The third-order valence-electron chi connectivity index (χ3n) is 5.51. The molecule has 0 heterocycles. The highest BCUT2D eigenvalue weighted by Gasteiger charge is 2.34. The Morgan fingerprint density at radius 1 is 0.880 bits per heavy atom. The van der Waals surface area contributed by atoms with Gasteiger partial charge >= 0.3 is 0 Å². The van der Waals surface area contributed by atoms with Gasteiger partial charge in [-0.05, 0) is 59.2 Å². The van der Waals surface area contributed by atoms with Crippen molar-refractivity contribution in [1.82, 2.24) is 0 Å². The number of rotatable bonds is 4. The van der Waals surface area contributed by atoms with Gasteiger partial charge in [-0.1, -0.05) is 19.9 Å². The number of aromatic hydroxyl groups is 1. The van der Waals surface area contributed by atoms with Crippen molar-refractivity contribution in [2.75, 3.05) is 21.3 Å². The molecule has 0 saturated heterocycles. The van der Waals surface area contributed by atoms with Crippen LogP contribution >= 0.6 is 0 Å². The summed E-state index contributed by atoms with van der Waals surface area (Å²) in [7, 11) is 4.88. The highest BCUT2D eigenvalue weighted by atomic mass is 16.5. The van der Waals surface area contributed by atoms with Crippen molar-refractivity contribution in [2.24, 2.45) is 11.8 Å². The van der Waals surface area contributed by atoms with Crippen LogP contribution in [0, 0.1) is 11.8 Å². The van der Waals surface area contributed by atoms with Gasteiger partial charge in [0.15, 0.2) is 23.0 Å². The summed E-state index contributed by atoms with van der Waals surface area (Å²) in [4.78, 5) is 0. The lowest BCUT2D eigenvalue weighted by atomic mass is 9.68. The molecule has 2 aromatic rings. The lowest BCUT2D eigenvalue weighted by Gasteiger charge is -2.37. The third kappa shape index (κ3) is 3.01. The summed E-state index contributed by atoms with van der Waals surface area (Å²) >= 11 is 0. The van der Waals surface area contributed by atoms with E-state index in [1.54, 1.807) is 21.3 Å². The van der Waals surface area contributed by atoms with Crippen LogP contribution in [-0.4, -0.2) is 26.4 Å². The number of methoxy groups -OCH3 is 3. The summed E-state index contributed by atoms with van der Waals surface area (Å²) in [5.41, 5.74) is 3.57. The van der Waals surface area contributed by atoms with E-state index in [0.717, 1.165) is 23.5 Å². The second-order valence-electron chi connectivity index (χ2n) is 6.86. The standard InChI is InChI=1S/C21H26O4/c1-12-8-15-10-19(24-4)17(22)11-16(15)21(13(12)2)14-6-7-18(23-3)20(9-14)25-5/h6-7,9-13,21-22H,8H2,1-5H3. The predicted octanol–water partition coefficient (Wildman–Crippen LogP) is 4.38. The monoisotopic (exact) mass is 342 g/mol. The second kappa shape index (κ2) is 6.87. The van der Waals surface area contributed by atoms with E-state index < -0.39 is 0 Å². The molecule has 0 aliphatic heterocycles. The Morgan fingerprint density at radius 3 is 2.20 bits per heavy atom. The molecule has 0 spiro atoms. The molecule has 3 unspecified atom stereocenters. The molecule has 0 aromatic heterocycles. The second-order valence-corrected chi connectivity index (χ2v) is 6.86. The van der Waals surface area contributed by atoms with E-state index in [1.807, 2.05) is 24.3 Å². The molecule has 3 atom stereocenters. The number of hydrogen-bond acceptors (Lipinski definition) is 4. The highest BCUT2D eigenvalue weighted by molar-refractivity contribution is 5.53. The number of fused-ring (bicyclic) bond motifs is 1. The van der Waals surface area contributed by atoms with Crippen LogP contribution in [0.4, 0.5) is 0 Å². The topological polar surface area (TPSA) is 47.9 Å². The Balaban J connectivity index is 2.14. The van der Waals surface area contributed by atoms with Gasteiger partial charge in [-0.15, -0.1) is 0 Å². The number of hydrogen-bond donors (Lipinski definition) is 1. The molecule has 4 heteroatoms. The summed E-state index contributed by atoms with van der Waals surface area (Å²) < 4.78 is 16.1. The number of phenolic OH excluding ortho intramolecular Hbond substituents is 1. The SMILES string of the molecule is COc1cc2c(cc1O)C(c1ccc(OC)c(OC)c1)C(C)C(C)C2. The number of benzene rings is 2. The molecule has 2 aromatic carbocycles. The van der Waals surface area contributed by atoms with Crippen molar-refractivity contribution in [3.63, 3.8) is 0 Å². The Morgan fingerprint density at radius 2 is 1.56 bits per heavy atom. The van der Waals surface area contributed by atoms with Crippen molar-refractivity contribution >= 4 is 0 Å². The minimum Gasteiger partial charge on any atom is -0.504 e.